The highest BCUT2D eigenvalue weighted by Gasteiger charge is 2.09. The first-order valence-electron chi connectivity index (χ1n) is 7.81. The summed E-state index contributed by atoms with van der Waals surface area (Å²) in [5, 5.41) is 17.6. The van der Waals surface area contributed by atoms with Gasteiger partial charge < -0.3 is 25.3 Å². The fraction of sp³-hybridized carbons (Fsp3) is 0.353. The lowest BCUT2D eigenvalue weighted by Crippen LogP contribution is -2.26. The molecule has 0 aliphatic heterocycles. The van der Waals surface area contributed by atoms with Crippen molar-refractivity contribution in [1.82, 2.24) is 5.32 Å². The summed E-state index contributed by atoms with van der Waals surface area (Å²) in [5.74, 6) is -0.881. The number of benzene rings is 1. The van der Waals surface area contributed by atoms with Crippen LogP contribution in [0, 0.1) is 0 Å². The molecule has 0 bridgehead atoms. The quantitative estimate of drug-likeness (QED) is 0.226. The van der Waals surface area contributed by atoms with Gasteiger partial charge in [-0.15, -0.1) is 0 Å². The molecule has 0 saturated heterocycles. The fourth-order valence-electron chi connectivity index (χ4n) is 1.82. The van der Waals surface area contributed by atoms with Gasteiger partial charge >= 0.3 is 0 Å². The number of anilines is 1. The van der Waals surface area contributed by atoms with Crippen LogP contribution >= 0.6 is 15.9 Å². The van der Waals surface area contributed by atoms with Crippen molar-refractivity contribution in [2.75, 3.05) is 38.8 Å². The van der Waals surface area contributed by atoms with Gasteiger partial charge in [-0.2, -0.15) is 0 Å². The highest BCUT2D eigenvalue weighted by Crippen LogP contribution is 2.14. The third kappa shape index (κ3) is 8.24. The average molecular weight is 428 g/mol. The van der Waals surface area contributed by atoms with Crippen LogP contribution in [-0.2, 0) is 19.2 Å². The third-order valence-electron chi connectivity index (χ3n) is 3.04. The molecule has 0 atom stereocenters. The second-order valence-corrected chi connectivity index (χ2v) is 5.86. The summed E-state index contributed by atoms with van der Waals surface area (Å²) < 4.78 is 5.10. The number of amides is 2. The first-order valence-corrected chi connectivity index (χ1v) is 8.60. The lowest BCUT2D eigenvalue weighted by atomic mass is 10.1. The molecule has 0 aliphatic rings. The Hall–Kier alpha value is -2.23. The predicted molar refractivity (Wildman–Crippen MR) is 102 cm³/mol. The minimum Gasteiger partial charge on any atom is -0.399 e. The van der Waals surface area contributed by atoms with Crippen LogP contribution in [0.5, 0.6) is 0 Å². The molecule has 0 aliphatic carbocycles. The van der Waals surface area contributed by atoms with Gasteiger partial charge in [0, 0.05) is 18.3 Å². The van der Waals surface area contributed by atoms with E-state index >= 15 is 0 Å². The summed E-state index contributed by atoms with van der Waals surface area (Å²) in [5.41, 5.74) is 2.15. The van der Waals surface area contributed by atoms with E-state index in [1.54, 1.807) is 24.3 Å². The van der Waals surface area contributed by atoms with Crippen molar-refractivity contribution in [2.45, 2.75) is 6.92 Å². The number of oxime groups is 1. The standard InChI is InChI=1S/C17H22BrN3O5/c1-12(21-25-2)13-3-5-14(6-4-13)20-17(24)15(18)11-16(23)19-7-9-26-10-8-22/h3-6,11,22H,7-10H2,1-2H3,(H,19,23)(H,20,24)/b15-11+,21-12+. The molecule has 0 heterocycles. The molecule has 1 rings (SSSR count). The van der Waals surface area contributed by atoms with Crippen LogP contribution in [0.15, 0.2) is 40.0 Å². The Balaban J connectivity index is 2.52. The normalized spacial score (nSPS) is 11.8. The molecule has 1 aromatic carbocycles. The zero-order valence-corrected chi connectivity index (χ0v) is 16.2. The lowest BCUT2D eigenvalue weighted by molar-refractivity contribution is -0.117. The minimum atomic E-state index is -0.452. The molecule has 142 valence electrons. The van der Waals surface area contributed by atoms with Crippen LogP contribution in [0.25, 0.3) is 0 Å². The fourth-order valence-corrected chi connectivity index (χ4v) is 2.13. The number of aliphatic hydroxyl groups excluding tert-OH is 1. The molecular formula is C17H22BrN3O5. The second kappa shape index (κ2) is 12.2. The van der Waals surface area contributed by atoms with E-state index in [9.17, 15) is 9.59 Å². The first-order chi connectivity index (χ1) is 12.5. The van der Waals surface area contributed by atoms with Gasteiger partial charge in [0.2, 0.25) is 5.91 Å². The number of aliphatic hydroxyl groups is 1. The van der Waals surface area contributed by atoms with Gasteiger partial charge in [0.15, 0.2) is 0 Å². The van der Waals surface area contributed by atoms with E-state index in [4.69, 9.17) is 14.7 Å². The Labute approximate surface area is 160 Å². The Kier molecular flexibility index (Phi) is 10.2. The van der Waals surface area contributed by atoms with Crippen molar-refractivity contribution in [3.8, 4) is 0 Å². The van der Waals surface area contributed by atoms with Crippen LogP contribution in [-0.4, -0.2) is 56.1 Å². The number of nitrogens with zero attached hydrogens (tertiary/aromatic N) is 1. The molecule has 1 aromatic rings. The summed E-state index contributed by atoms with van der Waals surface area (Å²) in [7, 11) is 1.47. The predicted octanol–water partition coefficient (Wildman–Crippen LogP) is 1.40. The van der Waals surface area contributed by atoms with E-state index in [2.05, 4.69) is 31.7 Å². The van der Waals surface area contributed by atoms with Crippen molar-refractivity contribution in [3.63, 3.8) is 0 Å². The summed E-state index contributed by atoms with van der Waals surface area (Å²) in [6.45, 7) is 2.51. The SMILES string of the molecule is CO/N=C(\C)c1ccc(NC(=O)/C(Br)=C\C(=O)NCCOCCO)cc1. The Morgan fingerprint density at radius 2 is 1.96 bits per heavy atom. The topological polar surface area (TPSA) is 109 Å². The first kappa shape index (κ1) is 21.8. The molecule has 0 saturated carbocycles. The van der Waals surface area contributed by atoms with E-state index < -0.39 is 11.8 Å². The zero-order valence-electron chi connectivity index (χ0n) is 14.6. The van der Waals surface area contributed by atoms with Gasteiger partial charge in [0.1, 0.15) is 7.11 Å². The summed E-state index contributed by atoms with van der Waals surface area (Å²) in [6, 6.07) is 7.04. The Morgan fingerprint density at radius 3 is 2.58 bits per heavy atom. The highest BCUT2D eigenvalue weighted by molar-refractivity contribution is 9.12. The molecule has 0 aromatic heterocycles. The van der Waals surface area contributed by atoms with Gasteiger partial charge in [0.25, 0.3) is 5.91 Å². The van der Waals surface area contributed by atoms with E-state index in [0.717, 1.165) is 11.6 Å². The smallest absolute Gasteiger partial charge is 0.262 e. The average Bonchev–Trinajstić information content (AvgIpc) is 2.62. The lowest BCUT2D eigenvalue weighted by Gasteiger charge is -2.07. The number of hydrogen-bond donors (Lipinski definition) is 3. The van der Waals surface area contributed by atoms with Gasteiger partial charge in [-0.1, -0.05) is 17.3 Å². The summed E-state index contributed by atoms with van der Waals surface area (Å²) >= 11 is 3.08. The number of ether oxygens (including phenoxy) is 1. The van der Waals surface area contributed by atoms with Gasteiger partial charge in [0.05, 0.1) is 30.0 Å². The van der Waals surface area contributed by atoms with E-state index in [-0.39, 0.29) is 30.8 Å². The summed E-state index contributed by atoms with van der Waals surface area (Å²) in [6.07, 6.45) is 1.14. The number of nitrogens with one attached hydrogen (secondary N) is 2. The molecule has 0 fully saturated rings. The molecule has 0 radical (unpaired) electrons. The van der Waals surface area contributed by atoms with Crippen molar-refractivity contribution in [1.29, 1.82) is 0 Å². The molecule has 8 nitrogen and oxygen atoms in total. The monoisotopic (exact) mass is 427 g/mol. The molecule has 26 heavy (non-hydrogen) atoms. The highest BCUT2D eigenvalue weighted by atomic mass is 79.9. The van der Waals surface area contributed by atoms with Crippen LogP contribution in [0.2, 0.25) is 0 Å². The van der Waals surface area contributed by atoms with E-state index in [1.807, 2.05) is 6.92 Å². The number of halogens is 1. The number of hydrogen-bond acceptors (Lipinski definition) is 6. The summed E-state index contributed by atoms with van der Waals surface area (Å²) in [4.78, 5) is 28.5. The molecule has 0 spiro atoms. The minimum absolute atomic E-state index is 0.0701. The maximum absolute atomic E-state index is 12.1. The van der Waals surface area contributed by atoms with Crippen LogP contribution < -0.4 is 10.6 Å². The van der Waals surface area contributed by atoms with Crippen LogP contribution in [0.3, 0.4) is 0 Å². The maximum Gasteiger partial charge on any atom is 0.262 e. The third-order valence-corrected chi connectivity index (χ3v) is 3.63. The van der Waals surface area contributed by atoms with E-state index in [1.165, 1.54) is 7.11 Å². The molecule has 9 heteroatoms. The van der Waals surface area contributed by atoms with Crippen molar-refractivity contribution in [2.24, 2.45) is 5.16 Å². The van der Waals surface area contributed by atoms with Crippen molar-refractivity contribution in [3.05, 3.63) is 40.4 Å². The van der Waals surface area contributed by atoms with E-state index in [0.29, 0.717) is 11.4 Å². The Morgan fingerprint density at radius 1 is 1.27 bits per heavy atom. The molecule has 2 amide bonds. The number of carbonyl (C=O) groups is 2. The maximum atomic E-state index is 12.1. The second-order valence-electron chi connectivity index (χ2n) is 5.01. The Bertz CT molecular complexity index is 659. The largest absolute Gasteiger partial charge is 0.399 e. The van der Waals surface area contributed by atoms with Crippen LogP contribution in [0.1, 0.15) is 12.5 Å². The van der Waals surface area contributed by atoms with Gasteiger partial charge in [-0.25, -0.2) is 0 Å². The number of rotatable bonds is 10. The number of carbonyl (C=O) groups excluding carboxylic acids is 2. The zero-order chi connectivity index (χ0) is 19.4. The van der Waals surface area contributed by atoms with Gasteiger partial charge in [-0.3, -0.25) is 9.59 Å². The van der Waals surface area contributed by atoms with Crippen molar-refractivity contribution >= 4 is 39.1 Å². The molecular weight excluding hydrogens is 406 g/mol. The molecule has 0 unspecified atom stereocenters. The van der Waals surface area contributed by atoms with Gasteiger partial charge in [-0.05, 0) is 40.5 Å². The van der Waals surface area contributed by atoms with Crippen molar-refractivity contribution < 1.29 is 24.3 Å². The molecule has 3 N–H and O–H groups in total. The van der Waals surface area contributed by atoms with Crippen LogP contribution in [0.4, 0.5) is 5.69 Å².